The number of carbonyl (C=O) groups is 1. The van der Waals surface area contributed by atoms with Crippen LogP contribution in [0.3, 0.4) is 0 Å². The minimum absolute atomic E-state index is 0.0298. The van der Waals surface area contributed by atoms with Crippen LogP contribution in [0.25, 0.3) is 0 Å². The molecule has 0 unspecified atom stereocenters. The van der Waals surface area contributed by atoms with Crippen LogP contribution in [0, 0.1) is 6.92 Å². The van der Waals surface area contributed by atoms with Crippen molar-refractivity contribution in [3.8, 4) is 0 Å². The summed E-state index contributed by atoms with van der Waals surface area (Å²) in [5.74, 6) is 0.722. The Hall–Kier alpha value is -2.15. The highest BCUT2D eigenvalue weighted by Crippen LogP contribution is 2.19. The third kappa shape index (κ3) is 3.19. The van der Waals surface area contributed by atoms with Crippen molar-refractivity contribution < 1.29 is 4.79 Å². The largest absolute Gasteiger partial charge is 0.357 e. The molecule has 1 amide bonds. The van der Waals surface area contributed by atoms with Gasteiger partial charge in [0.05, 0.1) is 11.9 Å². The summed E-state index contributed by atoms with van der Waals surface area (Å²) >= 11 is 1.10. The van der Waals surface area contributed by atoms with E-state index in [4.69, 9.17) is 0 Å². The van der Waals surface area contributed by atoms with Gasteiger partial charge in [-0.25, -0.2) is 4.98 Å². The van der Waals surface area contributed by atoms with Crippen LogP contribution < -0.4 is 15.1 Å². The minimum Gasteiger partial charge on any atom is -0.357 e. The number of pyridine rings is 1. The molecule has 3 heterocycles. The molecule has 6 nitrogen and oxygen atoms in total. The van der Waals surface area contributed by atoms with E-state index < -0.39 is 0 Å². The van der Waals surface area contributed by atoms with Gasteiger partial charge in [0.2, 0.25) is 5.91 Å². The topological polar surface area (TPSA) is 67.2 Å². The summed E-state index contributed by atoms with van der Waals surface area (Å²) < 4.78 is 1.46. The smallest absolute Gasteiger partial charge is 0.307 e. The van der Waals surface area contributed by atoms with Gasteiger partial charge >= 0.3 is 4.87 Å². The monoisotopic (exact) mass is 318 g/mol. The predicted molar refractivity (Wildman–Crippen MR) is 87.6 cm³/mol. The minimum atomic E-state index is -0.223. The fourth-order valence-corrected chi connectivity index (χ4v) is 3.27. The van der Waals surface area contributed by atoms with Crippen molar-refractivity contribution in [1.82, 2.24) is 9.55 Å². The first-order valence-electron chi connectivity index (χ1n) is 7.29. The second kappa shape index (κ2) is 6.31. The molecular weight excluding hydrogens is 300 g/mol. The molecule has 1 saturated heterocycles. The number of hydrogen-bond acceptors (Lipinski definition) is 5. The van der Waals surface area contributed by atoms with Crippen LogP contribution in [-0.2, 0) is 11.3 Å². The molecule has 2 aromatic heterocycles. The predicted octanol–water partition coefficient (Wildman–Crippen LogP) is 1.85. The Morgan fingerprint density at radius 3 is 2.73 bits per heavy atom. The number of nitrogens with zero attached hydrogens (tertiary/aromatic N) is 3. The molecule has 7 heteroatoms. The van der Waals surface area contributed by atoms with Crippen LogP contribution in [0.2, 0.25) is 0 Å². The van der Waals surface area contributed by atoms with Crippen molar-refractivity contribution in [2.45, 2.75) is 26.3 Å². The first-order chi connectivity index (χ1) is 10.6. The van der Waals surface area contributed by atoms with Crippen LogP contribution in [0.5, 0.6) is 0 Å². The zero-order valence-electron chi connectivity index (χ0n) is 12.4. The maximum absolute atomic E-state index is 12.0. The van der Waals surface area contributed by atoms with Gasteiger partial charge < -0.3 is 10.2 Å². The third-order valence-electron chi connectivity index (χ3n) is 3.74. The normalized spacial score (nSPS) is 14.3. The van der Waals surface area contributed by atoms with Crippen molar-refractivity contribution in [3.63, 3.8) is 0 Å². The van der Waals surface area contributed by atoms with E-state index in [0.29, 0.717) is 5.69 Å². The highest BCUT2D eigenvalue weighted by atomic mass is 32.1. The number of amides is 1. The van der Waals surface area contributed by atoms with Crippen LogP contribution in [0.4, 0.5) is 11.5 Å². The van der Waals surface area contributed by atoms with Gasteiger partial charge in [-0.3, -0.25) is 14.2 Å². The summed E-state index contributed by atoms with van der Waals surface area (Å²) in [6.07, 6.45) is 4.07. The SMILES string of the molecule is Cc1csc(=O)n1CC(=O)Nc1ccc(N2CCCC2)nc1. The molecule has 1 N–H and O–H groups in total. The molecule has 0 aromatic carbocycles. The van der Waals surface area contributed by atoms with Crippen molar-refractivity contribution >= 4 is 28.7 Å². The number of rotatable bonds is 4. The summed E-state index contributed by atoms with van der Waals surface area (Å²) in [4.78, 5) is 30.1. The molecule has 0 saturated carbocycles. The van der Waals surface area contributed by atoms with Crippen molar-refractivity contribution in [1.29, 1.82) is 0 Å². The van der Waals surface area contributed by atoms with Crippen LogP contribution >= 0.6 is 11.3 Å². The number of anilines is 2. The van der Waals surface area contributed by atoms with Gasteiger partial charge in [-0.05, 0) is 31.9 Å². The molecule has 0 bridgehead atoms. The number of aromatic nitrogens is 2. The summed E-state index contributed by atoms with van der Waals surface area (Å²) in [6.45, 7) is 3.93. The Morgan fingerprint density at radius 2 is 2.14 bits per heavy atom. The lowest BCUT2D eigenvalue weighted by Gasteiger charge is -2.16. The van der Waals surface area contributed by atoms with Gasteiger partial charge in [-0.2, -0.15) is 0 Å². The molecule has 0 aliphatic carbocycles. The molecule has 1 aliphatic rings. The summed E-state index contributed by atoms with van der Waals surface area (Å²) in [7, 11) is 0. The van der Waals surface area contributed by atoms with E-state index in [0.717, 1.165) is 35.9 Å². The van der Waals surface area contributed by atoms with E-state index in [1.54, 1.807) is 11.6 Å². The van der Waals surface area contributed by atoms with Gasteiger partial charge in [0.25, 0.3) is 0 Å². The van der Waals surface area contributed by atoms with E-state index in [-0.39, 0.29) is 17.3 Å². The Kier molecular flexibility index (Phi) is 4.24. The quantitative estimate of drug-likeness (QED) is 0.934. The first kappa shape index (κ1) is 14.8. The van der Waals surface area contributed by atoms with Crippen molar-refractivity contribution in [2.75, 3.05) is 23.3 Å². The maximum atomic E-state index is 12.0. The second-order valence-electron chi connectivity index (χ2n) is 5.38. The lowest BCUT2D eigenvalue weighted by molar-refractivity contribution is -0.116. The van der Waals surface area contributed by atoms with Gasteiger partial charge in [0, 0.05) is 24.2 Å². The third-order valence-corrected chi connectivity index (χ3v) is 4.62. The number of aryl methyl sites for hydroxylation is 1. The van der Waals surface area contributed by atoms with E-state index in [2.05, 4.69) is 15.2 Å². The number of hydrogen-bond donors (Lipinski definition) is 1. The molecule has 116 valence electrons. The number of carbonyl (C=O) groups excluding carboxylic acids is 1. The van der Waals surface area contributed by atoms with Crippen molar-refractivity contribution in [3.05, 3.63) is 39.1 Å². The molecule has 1 fully saturated rings. The number of thiazole rings is 1. The molecule has 0 atom stereocenters. The average molecular weight is 318 g/mol. The Morgan fingerprint density at radius 1 is 1.36 bits per heavy atom. The second-order valence-corrected chi connectivity index (χ2v) is 6.20. The van der Waals surface area contributed by atoms with E-state index >= 15 is 0 Å². The molecular formula is C15H18N4O2S. The Bertz CT molecular complexity index is 714. The zero-order valence-corrected chi connectivity index (χ0v) is 13.2. The fourth-order valence-electron chi connectivity index (χ4n) is 2.53. The molecule has 2 aromatic rings. The van der Waals surface area contributed by atoms with E-state index in [1.165, 1.54) is 17.4 Å². The highest BCUT2D eigenvalue weighted by Gasteiger charge is 2.13. The Balaban J connectivity index is 1.63. The van der Waals surface area contributed by atoms with Gasteiger partial charge in [0.1, 0.15) is 12.4 Å². The van der Waals surface area contributed by atoms with Gasteiger partial charge in [0.15, 0.2) is 0 Å². The summed E-state index contributed by atoms with van der Waals surface area (Å²) in [5, 5.41) is 4.53. The summed E-state index contributed by atoms with van der Waals surface area (Å²) in [5.41, 5.74) is 1.45. The lowest BCUT2D eigenvalue weighted by Crippen LogP contribution is -2.25. The summed E-state index contributed by atoms with van der Waals surface area (Å²) in [6, 6.07) is 3.77. The van der Waals surface area contributed by atoms with Gasteiger partial charge in [-0.15, -0.1) is 0 Å². The van der Waals surface area contributed by atoms with Gasteiger partial charge in [-0.1, -0.05) is 11.3 Å². The van der Waals surface area contributed by atoms with Crippen molar-refractivity contribution in [2.24, 2.45) is 0 Å². The van der Waals surface area contributed by atoms with Crippen LogP contribution in [0.1, 0.15) is 18.5 Å². The number of nitrogens with one attached hydrogen (secondary N) is 1. The molecule has 1 aliphatic heterocycles. The zero-order chi connectivity index (χ0) is 15.5. The highest BCUT2D eigenvalue weighted by molar-refractivity contribution is 7.07. The standard InChI is InChI=1S/C15H18N4O2S/c1-11-10-22-15(21)19(11)9-14(20)17-12-4-5-13(16-8-12)18-6-2-3-7-18/h4-5,8,10H,2-3,6-7,9H2,1H3,(H,17,20). The first-order valence-corrected chi connectivity index (χ1v) is 8.17. The molecule has 3 rings (SSSR count). The van der Waals surface area contributed by atoms with Crippen LogP contribution in [0.15, 0.2) is 28.5 Å². The van der Waals surface area contributed by atoms with E-state index in [9.17, 15) is 9.59 Å². The lowest BCUT2D eigenvalue weighted by atomic mass is 10.3. The maximum Gasteiger partial charge on any atom is 0.307 e. The molecule has 0 radical (unpaired) electrons. The molecule has 0 spiro atoms. The Labute approximate surface area is 132 Å². The fraction of sp³-hybridized carbons (Fsp3) is 0.400. The van der Waals surface area contributed by atoms with E-state index in [1.807, 2.05) is 19.1 Å². The molecule has 22 heavy (non-hydrogen) atoms. The van der Waals surface area contributed by atoms with Crippen LogP contribution in [-0.4, -0.2) is 28.5 Å². The average Bonchev–Trinajstić information content (AvgIpc) is 3.14.